The second-order valence-electron chi connectivity index (χ2n) is 21.6. The number of carbonyl (C=O) groups excluding carboxylic acids is 3. The van der Waals surface area contributed by atoms with Crippen molar-refractivity contribution >= 4 is 17.9 Å². The first kappa shape index (κ1) is 64.4. The van der Waals surface area contributed by atoms with E-state index >= 15 is 0 Å². The highest BCUT2D eigenvalue weighted by atomic mass is 16.6. The van der Waals surface area contributed by atoms with Gasteiger partial charge < -0.3 is 14.2 Å². The molecule has 0 radical (unpaired) electrons. The summed E-state index contributed by atoms with van der Waals surface area (Å²) in [4.78, 5) is 38.2. The highest BCUT2D eigenvalue weighted by molar-refractivity contribution is 5.71. The number of esters is 3. The van der Waals surface area contributed by atoms with Crippen molar-refractivity contribution in [1.82, 2.24) is 0 Å². The summed E-state index contributed by atoms with van der Waals surface area (Å²) in [5.41, 5.74) is 0. The lowest BCUT2D eigenvalue weighted by atomic mass is 10.0. The molecule has 0 amide bonds. The van der Waals surface area contributed by atoms with Crippen LogP contribution in [0.1, 0.15) is 336 Å². The van der Waals surface area contributed by atoms with Crippen molar-refractivity contribution in [2.45, 2.75) is 343 Å². The zero-order valence-corrected chi connectivity index (χ0v) is 45.3. The van der Waals surface area contributed by atoms with Crippen molar-refractivity contribution in [3.63, 3.8) is 0 Å². The Labute approximate surface area is 412 Å². The maximum Gasteiger partial charge on any atom is 0.306 e. The molecule has 0 aliphatic carbocycles. The van der Waals surface area contributed by atoms with E-state index in [0.717, 1.165) is 69.6 Å². The van der Waals surface area contributed by atoms with E-state index < -0.39 is 6.10 Å². The Hall–Kier alpha value is -1.59. The number of carbonyl (C=O) groups is 3. The Morgan fingerprint density at radius 3 is 0.742 bits per heavy atom. The second kappa shape index (κ2) is 52.8. The Kier molecular flexibility index (Phi) is 51.5. The fourth-order valence-corrected chi connectivity index (χ4v) is 9.23. The van der Waals surface area contributed by atoms with Crippen molar-refractivity contribution in [1.29, 1.82) is 0 Å². The van der Waals surface area contributed by atoms with E-state index in [1.165, 1.54) is 225 Å². The van der Waals surface area contributed by atoms with Gasteiger partial charge in [-0.25, -0.2) is 0 Å². The van der Waals surface area contributed by atoms with E-state index in [-0.39, 0.29) is 31.1 Å². The molecule has 0 rings (SSSR count). The predicted octanol–water partition coefficient (Wildman–Crippen LogP) is 19.7. The van der Waals surface area contributed by atoms with Gasteiger partial charge in [-0.3, -0.25) is 14.4 Å². The van der Waals surface area contributed by atoms with Gasteiger partial charge in [-0.15, -0.1) is 0 Å². The van der Waals surface area contributed by atoms with Crippen LogP contribution in [0.25, 0.3) is 0 Å². The summed E-state index contributed by atoms with van der Waals surface area (Å²) >= 11 is 0. The van der Waals surface area contributed by atoms with E-state index in [4.69, 9.17) is 14.2 Å². The molecule has 0 aliphatic heterocycles. The third kappa shape index (κ3) is 53.4. The van der Waals surface area contributed by atoms with Crippen LogP contribution in [0.4, 0.5) is 0 Å². The highest BCUT2D eigenvalue weighted by Crippen LogP contribution is 2.18. The van der Waals surface area contributed by atoms with Gasteiger partial charge in [0.2, 0.25) is 0 Å². The Balaban J connectivity index is 4.26. The average Bonchev–Trinajstić information content (AvgIpc) is 3.29. The molecule has 392 valence electrons. The molecule has 6 nitrogen and oxygen atoms in total. The maximum absolute atomic E-state index is 12.8. The molecule has 0 aromatic carbocycles. The lowest BCUT2D eigenvalue weighted by Crippen LogP contribution is -2.30. The molecular formula is C60H116O6. The maximum atomic E-state index is 12.8. The summed E-state index contributed by atoms with van der Waals surface area (Å²) in [7, 11) is 0. The molecule has 0 unspecified atom stereocenters. The summed E-state index contributed by atoms with van der Waals surface area (Å²) in [5, 5.41) is 0. The molecule has 0 saturated heterocycles. The van der Waals surface area contributed by atoms with Gasteiger partial charge in [-0.2, -0.15) is 0 Å². The van der Waals surface area contributed by atoms with Crippen molar-refractivity contribution < 1.29 is 28.6 Å². The van der Waals surface area contributed by atoms with Crippen LogP contribution in [0, 0.1) is 11.8 Å². The van der Waals surface area contributed by atoms with Gasteiger partial charge in [-0.05, 0) is 31.1 Å². The van der Waals surface area contributed by atoms with Gasteiger partial charge >= 0.3 is 17.9 Å². The van der Waals surface area contributed by atoms with E-state index in [1.807, 2.05) is 0 Å². The third-order valence-corrected chi connectivity index (χ3v) is 13.7. The first-order valence-corrected chi connectivity index (χ1v) is 29.7. The highest BCUT2D eigenvalue weighted by Gasteiger charge is 2.19. The summed E-state index contributed by atoms with van der Waals surface area (Å²) in [5.74, 6) is 0.817. The summed E-state index contributed by atoms with van der Waals surface area (Å²) in [6.45, 7) is 11.4. The van der Waals surface area contributed by atoms with E-state index in [0.29, 0.717) is 19.3 Å². The predicted molar refractivity (Wildman–Crippen MR) is 284 cm³/mol. The molecular weight excluding hydrogens is 817 g/mol. The van der Waals surface area contributed by atoms with Gasteiger partial charge in [0.15, 0.2) is 6.10 Å². The minimum absolute atomic E-state index is 0.0628. The molecule has 0 aliphatic rings. The number of rotatable bonds is 54. The Morgan fingerprint density at radius 2 is 0.500 bits per heavy atom. The van der Waals surface area contributed by atoms with Crippen LogP contribution < -0.4 is 0 Å². The number of ether oxygens (including phenoxy) is 3. The van der Waals surface area contributed by atoms with E-state index in [1.54, 1.807) is 0 Å². The molecule has 0 aromatic heterocycles. The smallest absolute Gasteiger partial charge is 0.306 e. The monoisotopic (exact) mass is 933 g/mol. The first-order valence-electron chi connectivity index (χ1n) is 29.7. The molecule has 0 aromatic rings. The van der Waals surface area contributed by atoms with Crippen molar-refractivity contribution in [3.05, 3.63) is 0 Å². The van der Waals surface area contributed by atoms with Crippen LogP contribution in [-0.2, 0) is 28.6 Å². The van der Waals surface area contributed by atoms with Crippen molar-refractivity contribution in [2.75, 3.05) is 13.2 Å². The topological polar surface area (TPSA) is 78.9 Å². The van der Waals surface area contributed by atoms with Crippen LogP contribution in [0.2, 0.25) is 0 Å². The number of unbranched alkanes of at least 4 members (excludes halogenated alkanes) is 39. The molecule has 0 heterocycles. The SMILES string of the molecule is CCCCCCCCCCCCCCCCCCCCCC(=O)OC[C@H](COC(=O)CCCCCCCCCCCCCCCC(C)C)OC(=O)CCCCCCCCCCCCC(C)C. The van der Waals surface area contributed by atoms with Crippen molar-refractivity contribution in [2.24, 2.45) is 11.8 Å². The Morgan fingerprint density at radius 1 is 0.288 bits per heavy atom. The minimum atomic E-state index is -0.763. The second-order valence-corrected chi connectivity index (χ2v) is 21.6. The lowest BCUT2D eigenvalue weighted by Gasteiger charge is -2.18. The quantitative estimate of drug-likeness (QED) is 0.0343. The average molecular weight is 934 g/mol. The molecule has 1 atom stereocenters. The molecule has 66 heavy (non-hydrogen) atoms. The van der Waals surface area contributed by atoms with Crippen LogP contribution in [-0.4, -0.2) is 37.2 Å². The van der Waals surface area contributed by atoms with E-state index in [9.17, 15) is 14.4 Å². The van der Waals surface area contributed by atoms with Crippen LogP contribution >= 0.6 is 0 Å². The van der Waals surface area contributed by atoms with Crippen molar-refractivity contribution in [3.8, 4) is 0 Å². The van der Waals surface area contributed by atoms with Crippen LogP contribution in [0.3, 0.4) is 0 Å². The number of hydrogen-bond donors (Lipinski definition) is 0. The van der Waals surface area contributed by atoms with Gasteiger partial charge in [0.05, 0.1) is 0 Å². The molecule has 0 N–H and O–H groups in total. The van der Waals surface area contributed by atoms with Gasteiger partial charge in [0, 0.05) is 19.3 Å². The normalized spacial score (nSPS) is 12.0. The van der Waals surface area contributed by atoms with E-state index in [2.05, 4.69) is 34.6 Å². The fraction of sp³-hybridized carbons (Fsp3) is 0.950. The summed E-state index contributed by atoms with van der Waals surface area (Å²) < 4.78 is 16.9. The zero-order valence-electron chi connectivity index (χ0n) is 45.3. The third-order valence-electron chi connectivity index (χ3n) is 13.7. The molecule has 6 heteroatoms. The van der Waals surface area contributed by atoms with Gasteiger partial charge in [0.1, 0.15) is 13.2 Å². The zero-order chi connectivity index (χ0) is 48.2. The summed E-state index contributed by atoms with van der Waals surface area (Å²) in [6, 6.07) is 0. The van der Waals surface area contributed by atoms with Crippen LogP contribution in [0.15, 0.2) is 0 Å². The minimum Gasteiger partial charge on any atom is -0.462 e. The first-order chi connectivity index (χ1) is 32.2. The fourth-order valence-electron chi connectivity index (χ4n) is 9.23. The standard InChI is InChI=1S/C60H116O6/c1-6-7-8-9-10-11-12-13-14-15-16-17-18-21-24-30-35-40-45-50-58(61)64-53-57(66-60(63)52-47-42-37-32-27-26-29-34-39-44-49-56(4)5)54-65-59(62)51-46-41-36-31-25-22-19-20-23-28-33-38-43-48-55(2)3/h55-57H,6-54H2,1-5H3/t57-/m1/s1. The lowest BCUT2D eigenvalue weighted by molar-refractivity contribution is -0.167. The summed E-state index contributed by atoms with van der Waals surface area (Å²) in [6.07, 6.45) is 56.7. The van der Waals surface area contributed by atoms with Gasteiger partial charge in [-0.1, -0.05) is 298 Å². The van der Waals surface area contributed by atoms with Gasteiger partial charge in [0.25, 0.3) is 0 Å². The Bertz CT molecular complexity index is 1010. The molecule has 0 saturated carbocycles. The molecule has 0 bridgehead atoms. The molecule has 0 spiro atoms. The number of hydrogen-bond acceptors (Lipinski definition) is 6. The molecule has 0 fully saturated rings. The van der Waals surface area contributed by atoms with Crippen LogP contribution in [0.5, 0.6) is 0 Å². The largest absolute Gasteiger partial charge is 0.462 e.